The third-order valence-electron chi connectivity index (χ3n) is 3.78. The lowest BCUT2D eigenvalue weighted by Crippen LogP contribution is -2.33. The van der Waals surface area contributed by atoms with E-state index in [1.165, 1.54) is 12.5 Å². The van der Waals surface area contributed by atoms with Crippen molar-refractivity contribution in [2.75, 3.05) is 10.6 Å². The number of hydrogen-bond acceptors (Lipinski definition) is 4. The molecule has 0 unspecified atom stereocenters. The van der Waals surface area contributed by atoms with Crippen LogP contribution in [-0.2, 0) is 6.54 Å². The van der Waals surface area contributed by atoms with Crippen LogP contribution in [0, 0.1) is 0 Å². The summed E-state index contributed by atoms with van der Waals surface area (Å²) in [4.78, 5) is 44.9. The summed E-state index contributed by atoms with van der Waals surface area (Å²) in [7, 11) is 0. The van der Waals surface area contributed by atoms with Crippen molar-refractivity contribution in [3.63, 3.8) is 0 Å². The lowest BCUT2D eigenvalue weighted by atomic mass is 10.1. The molecule has 0 saturated heterocycles. The van der Waals surface area contributed by atoms with Crippen molar-refractivity contribution in [1.82, 2.24) is 20.3 Å². The lowest BCUT2D eigenvalue weighted by Gasteiger charge is -2.19. The van der Waals surface area contributed by atoms with E-state index in [0.29, 0.717) is 23.6 Å². The summed E-state index contributed by atoms with van der Waals surface area (Å²) in [5, 5.41) is 8.25. The van der Waals surface area contributed by atoms with E-state index in [1.807, 2.05) is 0 Å². The average molecular weight is 324 g/mol. The predicted octanol–water partition coefficient (Wildman–Crippen LogP) is 1.14. The van der Waals surface area contributed by atoms with Crippen LogP contribution in [0.5, 0.6) is 0 Å². The van der Waals surface area contributed by atoms with Crippen LogP contribution in [-0.4, -0.2) is 26.9 Å². The van der Waals surface area contributed by atoms with E-state index in [-0.39, 0.29) is 17.0 Å². The second-order valence-corrected chi connectivity index (χ2v) is 5.29. The number of carbonyl (C=O) groups excluding carboxylic acids is 2. The normalized spacial score (nSPS) is 13.1. The third kappa shape index (κ3) is 2.28. The Bertz CT molecular complexity index is 1040. The number of amides is 3. The maximum Gasteiger partial charge on any atom is 0.319 e. The van der Waals surface area contributed by atoms with Gasteiger partial charge in [-0.25, -0.2) is 9.78 Å². The quantitative estimate of drug-likeness (QED) is 0.483. The molecule has 3 amide bonds. The number of hydrogen-bond donors (Lipinski definition) is 5. The number of urea groups is 1. The molecule has 24 heavy (non-hydrogen) atoms. The number of H-pyrrole nitrogens is 2. The van der Waals surface area contributed by atoms with Crippen molar-refractivity contribution in [2.45, 2.75) is 6.54 Å². The molecule has 0 radical (unpaired) electrons. The maximum absolute atomic E-state index is 12.5. The summed E-state index contributed by atoms with van der Waals surface area (Å²) in [6.07, 6.45) is 2.70. The number of aromatic amines is 2. The van der Waals surface area contributed by atoms with Gasteiger partial charge in [0.05, 0.1) is 17.3 Å². The van der Waals surface area contributed by atoms with Crippen molar-refractivity contribution < 1.29 is 9.59 Å². The first-order valence-corrected chi connectivity index (χ1v) is 7.16. The molecule has 0 aliphatic carbocycles. The second kappa shape index (κ2) is 5.23. The highest BCUT2D eigenvalue weighted by atomic mass is 16.2. The summed E-state index contributed by atoms with van der Waals surface area (Å²) in [6.45, 7) is 0.429. The highest BCUT2D eigenvalue weighted by Crippen LogP contribution is 2.24. The van der Waals surface area contributed by atoms with E-state index in [1.54, 1.807) is 18.2 Å². The molecule has 4 rings (SSSR count). The highest BCUT2D eigenvalue weighted by molar-refractivity contribution is 6.12. The molecule has 0 saturated carbocycles. The first-order valence-electron chi connectivity index (χ1n) is 7.16. The van der Waals surface area contributed by atoms with Crippen LogP contribution < -0.4 is 21.5 Å². The van der Waals surface area contributed by atoms with Crippen molar-refractivity contribution in [3.05, 3.63) is 52.2 Å². The molecule has 9 nitrogen and oxygen atoms in total. The molecule has 1 aliphatic heterocycles. The lowest BCUT2D eigenvalue weighted by molar-refractivity contribution is 0.102. The molecule has 1 aromatic carbocycles. The van der Waals surface area contributed by atoms with Crippen LogP contribution in [0.4, 0.5) is 16.2 Å². The smallest absolute Gasteiger partial charge is 0.319 e. The van der Waals surface area contributed by atoms with Gasteiger partial charge in [0.1, 0.15) is 5.65 Å². The van der Waals surface area contributed by atoms with Gasteiger partial charge in [-0.15, -0.1) is 0 Å². The van der Waals surface area contributed by atoms with Gasteiger partial charge in [0.2, 0.25) is 0 Å². The number of anilines is 2. The van der Waals surface area contributed by atoms with E-state index in [2.05, 4.69) is 30.9 Å². The van der Waals surface area contributed by atoms with Crippen LogP contribution in [0.2, 0.25) is 0 Å². The Kier molecular flexibility index (Phi) is 3.05. The average Bonchev–Trinajstić information content (AvgIpc) is 3.00. The topological polar surface area (TPSA) is 132 Å². The van der Waals surface area contributed by atoms with Gasteiger partial charge in [-0.05, 0) is 17.7 Å². The molecule has 120 valence electrons. The SMILES string of the molecule is O=C1NCc2ccc(NC(=O)c3c[nH]c4nc[nH]c(=O)c34)cc2N1. The molecule has 3 heterocycles. The molecular weight excluding hydrogens is 312 g/mol. The Balaban J connectivity index is 1.65. The van der Waals surface area contributed by atoms with Gasteiger partial charge in [-0.2, -0.15) is 0 Å². The predicted molar refractivity (Wildman–Crippen MR) is 87.0 cm³/mol. The van der Waals surface area contributed by atoms with Gasteiger partial charge in [0.25, 0.3) is 11.5 Å². The van der Waals surface area contributed by atoms with Gasteiger partial charge >= 0.3 is 6.03 Å². The van der Waals surface area contributed by atoms with E-state index in [9.17, 15) is 14.4 Å². The molecule has 0 bridgehead atoms. The fourth-order valence-corrected chi connectivity index (χ4v) is 2.62. The van der Waals surface area contributed by atoms with Crippen LogP contribution in [0.1, 0.15) is 15.9 Å². The summed E-state index contributed by atoms with van der Waals surface area (Å²) in [6, 6.07) is 4.91. The summed E-state index contributed by atoms with van der Waals surface area (Å²) >= 11 is 0. The molecular formula is C15H12N6O3. The Morgan fingerprint density at radius 1 is 1.21 bits per heavy atom. The Hall–Kier alpha value is -3.62. The number of rotatable bonds is 2. The molecule has 0 atom stereocenters. The van der Waals surface area contributed by atoms with Gasteiger partial charge in [0.15, 0.2) is 0 Å². The van der Waals surface area contributed by atoms with Gasteiger partial charge < -0.3 is 25.9 Å². The summed E-state index contributed by atoms with van der Waals surface area (Å²) < 4.78 is 0. The molecule has 3 aromatic rings. The van der Waals surface area contributed by atoms with Gasteiger partial charge in [-0.3, -0.25) is 9.59 Å². The first kappa shape index (κ1) is 14.0. The van der Waals surface area contributed by atoms with E-state index in [4.69, 9.17) is 0 Å². The Morgan fingerprint density at radius 2 is 2.08 bits per heavy atom. The minimum absolute atomic E-state index is 0.197. The molecule has 5 N–H and O–H groups in total. The molecule has 0 fully saturated rings. The maximum atomic E-state index is 12.5. The first-order chi connectivity index (χ1) is 11.6. The van der Waals surface area contributed by atoms with Crippen LogP contribution >= 0.6 is 0 Å². The minimum atomic E-state index is -0.444. The molecule has 2 aromatic heterocycles. The Labute approximate surface area is 134 Å². The molecule has 0 spiro atoms. The van der Waals surface area contributed by atoms with Crippen molar-refractivity contribution in [2.24, 2.45) is 0 Å². The van der Waals surface area contributed by atoms with Crippen molar-refractivity contribution >= 4 is 34.3 Å². The molecule has 1 aliphatic rings. The number of nitrogens with one attached hydrogen (secondary N) is 5. The van der Waals surface area contributed by atoms with Crippen LogP contribution in [0.25, 0.3) is 11.0 Å². The number of aromatic nitrogens is 3. The van der Waals surface area contributed by atoms with Crippen molar-refractivity contribution in [1.29, 1.82) is 0 Å². The minimum Gasteiger partial charge on any atom is -0.345 e. The fourth-order valence-electron chi connectivity index (χ4n) is 2.62. The number of benzene rings is 1. The van der Waals surface area contributed by atoms with Crippen LogP contribution in [0.15, 0.2) is 35.5 Å². The zero-order valence-corrected chi connectivity index (χ0v) is 12.3. The Morgan fingerprint density at radius 3 is 2.96 bits per heavy atom. The monoisotopic (exact) mass is 324 g/mol. The second-order valence-electron chi connectivity index (χ2n) is 5.29. The highest BCUT2D eigenvalue weighted by Gasteiger charge is 2.18. The largest absolute Gasteiger partial charge is 0.345 e. The summed E-state index contributed by atoms with van der Waals surface area (Å²) in [5.74, 6) is -0.444. The van der Waals surface area contributed by atoms with E-state index < -0.39 is 11.5 Å². The van der Waals surface area contributed by atoms with Crippen molar-refractivity contribution in [3.8, 4) is 0 Å². The zero-order valence-electron chi connectivity index (χ0n) is 12.3. The standard InChI is InChI=1S/C15H12N6O3/c22-13(9-5-16-12-11(9)14(23)19-6-18-12)20-8-2-1-7-4-17-15(24)21-10(7)3-8/h1-3,5-6H,4H2,(H,20,22)(H2,17,21,24)(H2,16,18,19,23). The molecule has 9 heteroatoms. The number of fused-ring (bicyclic) bond motifs is 2. The number of carbonyl (C=O) groups is 2. The number of nitrogens with zero attached hydrogens (tertiary/aromatic N) is 1. The zero-order chi connectivity index (χ0) is 16.7. The third-order valence-corrected chi connectivity index (χ3v) is 3.78. The van der Waals surface area contributed by atoms with E-state index in [0.717, 1.165) is 5.56 Å². The van der Waals surface area contributed by atoms with Crippen LogP contribution in [0.3, 0.4) is 0 Å². The van der Waals surface area contributed by atoms with Gasteiger partial charge in [0, 0.05) is 24.1 Å². The van der Waals surface area contributed by atoms with E-state index >= 15 is 0 Å². The summed E-state index contributed by atoms with van der Waals surface area (Å²) in [5.41, 5.74) is 2.21. The van der Waals surface area contributed by atoms with Gasteiger partial charge in [-0.1, -0.05) is 6.07 Å². The fraction of sp³-hybridized carbons (Fsp3) is 0.0667.